The first-order valence-corrected chi connectivity index (χ1v) is 13.3. The van der Waals surface area contributed by atoms with Crippen LogP contribution in [-0.2, 0) is 9.59 Å². The highest BCUT2D eigenvalue weighted by molar-refractivity contribution is 6.23. The van der Waals surface area contributed by atoms with Gasteiger partial charge in [0, 0.05) is 11.8 Å². The summed E-state index contributed by atoms with van der Waals surface area (Å²) in [5.74, 6) is 0.690. The van der Waals surface area contributed by atoms with Crippen molar-refractivity contribution in [1.82, 2.24) is 0 Å². The molecule has 1 heterocycles. The average molecular weight is 470 g/mol. The van der Waals surface area contributed by atoms with Crippen molar-refractivity contribution in [2.45, 2.75) is 19.3 Å². The van der Waals surface area contributed by atoms with Crippen molar-refractivity contribution in [3.63, 3.8) is 0 Å². The lowest BCUT2D eigenvalue weighted by atomic mass is 9.72. The summed E-state index contributed by atoms with van der Waals surface area (Å²) in [7, 11) is 0. The molecule has 2 saturated carbocycles. The fourth-order valence-electron chi connectivity index (χ4n) is 8.45. The van der Waals surface area contributed by atoms with Gasteiger partial charge in [-0.2, -0.15) is 0 Å². The Balaban J connectivity index is 1.37. The molecular weight excluding hydrogens is 442 g/mol. The van der Waals surface area contributed by atoms with Crippen LogP contribution in [0.3, 0.4) is 0 Å². The molecule has 0 unspecified atom stereocenters. The molecule has 1 aliphatic heterocycles. The van der Waals surface area contributed by atoms with Crippen molar-refractivity contribution in [2.75, 3.05) is 4.90 Å². The molecule has 6 atom stereocenters. The fraction of sp³-hybridized carbons (Fsp3) is 0.273. The molecule has 0 spiro atoms. The van der Waals surface area contributed by atoms with Crippen molar-refractivity contribution < 1.29 is 9.59 Å². The van der Waals surface area contributed by atoms with Crippen LogP contribution in [0.1, 0.15) is 30.4 Å². The molecule has 3 fully saturated rings. The first-order valence-electron chi connectivity index (χ1n) is 13.3. The van der Waals surface area contributed by atoms with E-state index in [0.717, 1.165) is 0 Å². The van der Waals surface area contributed by atoms with Gasteiger partial charge in [-0.15, -0.1) is 0 Å². The summed E-state index contributed by atoms with van der Waals surface area (Å²) in [5, 5.41) is 0. The van der Waals surface area contributed by atoms with Crippen LogP contribution in [0.4, 0.5) is 5.69 Å². The number of para-hydroxylation sites is 1. The van der Waals surface area contributed by atoms with Crippen LogP contribution in [-0.4, -0.2) is 11.8 Å². The van der Waals surface area contributed by atoms with Gasteiger partial charge >= 0.3 is 0 Å². The lowest BCUT2D eigenvalue weighted by Gasteiger charge is -2.28. The van der Waals surface area contributed by atoms with E-state index in [1.165, 1.54) is 57.6 Å². The van der Waals surface area contributed by atoms with Crippen molar-refractivity contribution in [2.24, 2.45) is 35.5 Å². The Bertz CT molecular complexity index is 1380. The second-order valence-electron chi connectivity index (χ2n) is 11.0. The molecule has 5 aliphatic rings. The third-order valence-corrected chi connectivity index (χ3v) is 9.53. The molecule has 3 nitrogen and oxygen atoms in total. The van der Waals surface area contributed by atoms with E-state index >= 15 is 0 Å². The normalized spacial score (nSPS) is 31.4. The number of imide groups is 1. The summed E-state index contributed by atoms with van der Waals surface area (Å²) >= 11 is 0. The van der Waals surface area contributed by atoms with E-state index in [-0.39, 0.29) is 35.5 Å². The van der Waals surface area contributed by atoms with Gasteiger partial charge in [0.2, 0.25) is 11.8 Å². The summed E-state index contributed by atoms with van der Waals surface area (Å²) < 4.78 is 0. The van der Waals surface area contributed by atoms with E-state index in [1.807, 2.05) is 30.3 Å². The van der Waals surface area contributed by atoms with Crippen LogP contribution in [0.15, 0.2) is 108 Å². The maximum absolute atomic E-state index is 14.1. The second-order valence-corrected chi connectivity index (χ2v) is 11.0. The Kier molecular flexibility index (Phi) is 4.20. The number of hydrogen-bond acceptors (Lipinski definition) is 2. The minimum absolute atomic E-state index is 0.00371. The van der Waals surface area contributed by atoms with Crippen LogP contribution < -0.4 is 4.90 Å². The highest BCUT2D eigenvalue weighted by Crippen LogP contribution is 2.71. The number of carbonyl (C=O) groups excluding carboxylic acids is 2. The van der Waals surface area contributed by atoms with Gasteiger partial charge in [0.05, 0.1) is 17.5 Å². The van der Waals surface area contributed by atoms with E-state index in [4.69, 9.17) is 0 Å². The number of carbonyl (C=O) groups is 2. The molecule has 2 amide bonds. The predicted molar refractivity (Wildman–Crippen MR) is 140 cm³/mol. The number of allylic oxidation sites excluding steroid dienone is 3. The summed E-state index contributed by atoms with van der Waals surface area (Å²) in [4.78, 5) is 29.7. The Morgan fingerprint density at radius 1 is 0.611 bits per heavy atom. The smallest absolute Gasteiger partial charge is 0.238 e. The molecule has 36 heavy (non-hydrogen) atoms. The molecule has 0 aromatic heterocycles. The topological polar surface area (TPSA) is 37.4 Å². The van der Waals surface area contributed by atoms with E-state index in [2.05, 4.69) is 60.7 Å². The quantitative estimate of drug-likeness (QED) is 0.257. The molecule has 0 radical (unpaired) electrons. The zero-order valence-electron chi connectivity index (χ0n) is 20.0. The lowest BCUT2D eigenvalue weighted by Crippen LogP contribution is -2.33. The van der Waals surface area contributed by atoms with Crippen molar-refractivity contribution >= 4 is 23.1 Å². The van der Waals surface area contributed by atoms with E-state index in [0.29, 0.717) is 17.5 Å². The zero-order valence-corrected chi connectivity index (χ0v) is 20.0. The van der Waals surface area contributed by atoms with Gasteiger partial charge in [-0.05, 0) is 65.5 Å². The third kappa shape index (κ3) is 2.53. The van der Waals surface area contributed by atoms with Gasteiger partial charge in [0.1, 0.15) is 0 Å². The van der Waals surface area contributed by atoms with Gasteiger partial charge < -0.3 is 0 Å². The van der Waals surface area contributed by atoms with Crippen LogP contribution in [0.5, 0.6) is 0 Å². The molecule has 3 aromatic carbocycles. The Hall–Kier alpha value is -3.72. The molecule has 4 aliphatic carbocycles. The van der Waals surface area contributed by atoms with Gasteiger partial charge in [0.15, 0.2) is 0 Å². The molecule has 1 saturated heterocycles. The number of nitrogens with zero attached hydrogens (tertiary/aromatic N) is 1. The molecule has 4 bridgehead atoms. The number of hydrogen-bond donors (Lipinski definition) is 0. The molecule has 176 valence electrons. The number of anilines is 1. The SMILES string of the molecule is O=C1[C@H]2[C@H]3C4=C([C@H]5CC[C@H]4C5)[C@@H](C3=C(c3ccccc3)c3ccccc3)[C@@H]2C(=O)N1c1ccccc1. The zero-order chi connectivity index (χ0) is 24.0. The summed E-state index contributed by atoms with van der Waals surface area (Å²) in [6.07, 6.45) is 3.68. The van der Waals surface area contributed by atoms with Gasteiger partial charge in [-0.25, -0.2) is 4.90 Å². The first-order chi connectivity index (χ1) is 17.7. The highest BCUT2D eigenvalue weighted by Gasteiger charge is 2.69. The number of amides is 2. The van der Waals surface area contributed by atoms with Gasteiger partial charge in [-0.1, -0.05) is 90.0 Å². The van der Waals surface area contributed by atoms with Gasteiger partial charge in [-0.3, -0.25) is 9.59 Å². The van der Waals surface area contributed by atoms with E-state index in [1.54, 1.807) is 0 Å². The maximum atomic E-state index is 14.1. The largest absolute Gasteiger partial charge is 0.274 e. The van der Waals surface area contributed by atoms with Crippen LogP contribution in [0.25, 0.3) is 5.57 Å². The van der Waals surface area contributed by atoms with Crippen molar-refractivity contribution in [1.29, 1.82) is 0 Å². The van der Waals surface area contributed by atoms with Crippen LogP contribution in [0, 0.1) is 35.5 Å². The van der Waals surface area contributed by atoms with Gasteiger partial charge in [0.25, 0.3) is 0 Å². The summed E-state index contributed by atoms with van der Waals surface area (Å²) in [6, 6.07) is 30.7. The van der Waals surface area contributed by atoms with Crippen molar-refractivity contribution in [3.05, 3.63) is 119 Å². The number of benzene rings is 3. The minimum atomic E-state index is -0.279. The van der Waals surface area contributed by atoms with Crippen LogP contribution >= 0.6 is 0 Å². The minimum Gasteiger partial charge on any atom is -0.274 e. The molecule has 3 aromatic rings. The Labute approximate surface area is 211 Å². The predicted octanol–water partition coefficient (Wildman–Crippen LogP) is 6.28. The molecule has 0 N–H and O–H groups in total. The number of fused-ring (bicyclic) bond motifs is 11. The molecular formula is C33H27NO2. The molecule has 8 rings (SSSR count). The third-order valence-electron chi connectivity index (χ3n) is 9.53. The monoisotopic (exact) mass is 469 g/mol. The Morgan fingerprint density at radius 3 is 1.53 bits per heavy atom. The summed E-state index contributed by atoms with van der Waals surface area (Å²) in [6.45, 7) is 0. The number of rotatable bonds is 3. The lowest BCUT2D eigenvalue weighted by molar-refractivity contribution is -0.123. The summed E-state index contributed by atoms with van der Waals surface area (Å²) in [5.41, 5.74) is 8.73. The maximum Gasteiger partial charge on any atom is 0.238 e. The van der Waals surface area contributed by atoms with Crippen LogP contribution in [0.2, 0.25) is 0 Å². The van der Waals surface area contributed by atoms with Crippen molar-refractivity contribution in [3.8, 4) is 0 Å². The molecule has 3 heteroatoms. The average Bonchev–Trinajstić information content (AvgIpc) is 3.72. The first kappa shape index (κ1) is 20.5. The van der Waals surface area contributed by atoms with E-state index < -0.39 is 0 Å². The standard InChI is InChI=1S/C33H27NO2/c35-32-30-28-25-21-16-17-22(18-21)26(25)29(31(30)33(36)34(32)23-14-8-3-9-15-23)27(28)24(19-10-4-1-5-11-19)20-12-6-2-7-13-20/h1-15,21-22,28-31H,16-18H2/t21-,22-,28-,29-,30-,31-/m0/s1. The highest BCUT2D eigenvalue weighted by atomic mass is 16.2. The second kappa shape index (κ2) is 7.39. The van der Waals surface area contributed by atoms with E-state index in [9.17, 15) is 9.59 Å². The Morgan fingerprint density at radius 2 is 1.06 bits per heavy atom. The fourth-order valence-corrected chi connectivity index (χ4v) is 8.45.